The van der Waals surface area contributed by atoms with Gasteiger partial charge in [0.05, 0.1) is 17.7 Å². The van der Waals surface area contributed by atoms with Gasteiger partial charge in [-0.05, 0) is 89.8 Å². The molecule has 11 heteroatoms. The second-order valence-corrected chi connectivity index (χ2v) is 13.0. The second kappa shape index (κ2) is 12.1. The number of nitrogens with two attached hydrogens (primary N) is 1. The summed E-state index contributed by atoms with van der Waals surface area (Å²) in [5.74, 6) is -1.22. The van der Waals surface area contributed by atoms with Crippen LogP contribution in [0.1, 0.15) is 38.5 Å². The number of hydrogen-bond acceptors (Lipinski definition) is 4. The van der Waals surface area contributed by atoms with Crippen LogP contribution in [0.15, 0.2) is 78.9 Å². The number of rotatable bonds is 9. The maximum atomic E-state index is 13.5. The Bertz CT molecular complexity index is 1710. The van der Waals surface area contributed by atoms with E-state index in [2.05, 4.69) is 10.6 Å². The smallest absolute Gasteiger partial charge is 0.257 e. The average molecular weight is 678 g/mol. The number of carbonyl (C=O) groups is 2. The van der Waals surface area contributed by atoms with Crippen molar-refractivity contribution in [2.75, 3.05) is 17.7 Å². The van der Waals surface area contributed by atoms with Gasteiger partial charge in [-0.1, -0.05) is 76.2 Å². The van der Waals surface area contributed by atoms with Crippen molar-refractivity contribution in [3.05, 3.63) is 122 Å². The number of hydrogen-bond donors (Lipinski definition) is 3. The minimum atomic E-state index is -1.63. The highest BCUT2D eigenvalue weighted by atomic mass is 35.5. The zero-order chi connectivity index (χ0) is 31.1. The monoisotopic (exact) mass is 675 g/mol. The number of methoxy groups -OCH3 is 1. The quantitative estimate of drug-likeness (QED) is 0.155. The normalized spacial score (nSPS) is 18.5. The molecule has 1 aliphatic carbocycles. The zero-order valence-corrected chi connectivity index (χ0v) is 26.8. The molecule has 0 heterocycles. The fourth-order valence-electron chi connectivity index (χ4n) is 5.41. The third kappa shape index (κ3) is 5.87. The molecule has 4 aromatic rings. The Morgan fingerprint density at radius 1 is 0.907 bits per heavy atom. The minimum Gasteiger partial charge on any atom is -0.497 e. The molecule has 5 rings (SSSR count). The van der Waals surface area contributed by atoms with Crippen LogP contribution in [-0.4, -0.2) is 23.3 Å². The predicted molar refractivity (Wildman–Crippen MR) is 175 cm³/mol. The van der Waals surface area contributed by atoms with E-state index in [0.717, 1.165) is 22.6 Å². The molecule has 0 radical (unpaired) electrons. The van der Waals surface area contributed by atoms with Gasteiger partial charge in [0, 0.05) is 33.9 Å². The fourth-order valence-corrected chi connectivity index (χ4v) is 7.25. The van der Waals surface area contributed by atoms with Crippen LogP contribution in [0.4, 0.5) is 11.4 Å². The van der Waals surface area contributed by atoms with Gasteiger partial charge in [-0.3, -0.25) is 9.59 Å². The van der Waals surface area contributed by atoms with Crippen LogP contribution in [0.25, 0.3) is 0 Å². The van der Waals surface area contributed by atoms with Crippen molar-refractivity contribution in [2.24, 2.45) is 5.73 Å². The van der Waals surface area contributed by atoms with Gasteiger partial charge in [0.15, 0.2) is 0 Å². The maximum Gasteiger partial charge on any atom is 0.257 e. The van der Waals surface area contributed by atoms with Crippen LogP contribution in [0.5, 0.6) is 5.75 Å². The number of halogens is 5. The molecule has 2 amide bonds. The molecule has 2 atom stereocenters. The lowest BCUT2D eigenvalue weighted by atomic mass is 9.88. The molecule has 1 saturated carbocycles. The Balaban J connectivity index is 1.38. The van der Waals surface area contributed by atoms with E-state index in [9.17, 15) is 9.59 Å². The number of alkyl halides is 2. The molecule has 4 aromatic carbocycles. The third-order valence-corrected chi connectivity index (χ3v) is 9.44. The van der Waals surface area contributed by atoms with Crippen LogP contribution in [0, 0.1) is 6.92 Å². The average Bonchev–Trinajstić information content (AvgIpc) is 3.50. The summed E-state index contributed by atoms with van der Waals surface area (Å²) in [7, 11) is 1.63. The molecule has 0 aliphatic heterocycles. The second-order valence-electron chi connectivity index (χ2n) is 10.3. The van der Waals surface area contributed by atoms with E-state index in [1.54, 1.807) is 37.4 Å². The third-order valence-electron chi connectivity index (χ3n) is 7.64. The highest BCUT2D eigenvalue weighted by molar-refractivity contribution is 6.55. The van der Waals surface area contributed by atoms with Crippen LogP contribution >= 0.6 is 58.0 Å². The first-order chi connectivity index (χ1) is 20.4. The van der Waals surface area contributed by atoms with E-state index < -0.39 is 27.5 Å². The van der Waals surface area contributed by atoms with E-state index in [1.165, 1.54) is 12.1 Å². The SMILES string of the molecule is COc1ccc(CNc2ccc(NC(=O)c3cc(C4(C(N)=O)C(c5cc(Cl)cc(Cl)c5)C4(Cl)Cl)ccc3Cl)c(C)c2)cc1. The molecule has 0 saturated heterocycles. The summed E-state index contributed by atoms with van der Waals surface area (Å²) in [5, 5.41) is 7.16. The zero-order valence-electron chi connectivity index (χ0n) is 23.0. The Kier molecular flexibility index (Phi) is 8.81. The van der Waals surface area contributed by atoms with Gasteiger partial charge in [-0.25, -0.2) is 0 Å². The first kappa shape index (κ1) is 31.3. The van der Waals surface area contributed by atoms with Crippen LogP contribution < -0.4 is 21.1 Å². The molecule has 4 N–H and O–H groups in total. The van der Waals surface area contributed by atoms with Crippen LogP contribution in [-0.2, 0) is 16.8 Å². The molecule has 0 bridgehead atoms. The number of aryl methyl sites for hydroxylation is 1. The van der Waals surface area contributed by atoms with Crippen molar-refractivity contribution in [3.8, 4) is 5.75 Å². The Hall–Kier alpha value is -3.13. The first-order valence-electron chi connectivity index (χ1n) is 13.1. The fraction of sp³-hybridized carbons (Fsp3) is 0.188. The van der Waals surface area contributed by atoms with Crippen molar-refractivity contribution >= 4 is 81.2 Å². The van der Waals surface area contributed by atoms with Crippen molar-refractivity contribution in [1.29, 1.82) is 0 Å². The van der Waals surface area contributed by atoms with Gasteiger partial charge < -0.3 is 21.1 Å². The molecule has 1 fully saturated rings. The lowest BCUT2D eigenvalue weighted by Gasteiger charge is -2.18. The van der Waals surface area contributed by atoms with Gasteiger partial charge in [0.1, 0.15) is 15.5 Å². The molecule has 43 heavy (non-hydrogen) atoms. The van der Waals surface area contributed by atoms with E-state index >= 15 is 0 Å². The van der Waals surface area contributed by atoms with Gasteiger partial charge in [0.2, 0.25) is 5.91 Å². The van der Waals surface area contributed by atoms with Gasteiger partial charge in [-0.2, -0.15) is 0 Å². The number of primary amides is 1. The summed E-state index contributed by atoms with van der Waals surface area (Å²) in [5.41, 5.74) is 8.77. The Morgan fingerprint density at radius 3 is 2.19 bits per heavy atom. The van der Waals surface area contributed by atoms with Crippen LogP contribution in [0.2, 0.25) is 15.1 Å². The first-order valence-corrected chi connectivity index (χ1v) is 15.0. The molecule has 222 valence electrons. The van der Waals surface area contributed by atoms with Gasteiger partial charge in [0.25, 0.3) is 5.91 Å². The minimum absolute atomic E-state index is 0.125. The van der Waals surface area contributed by atoms with E-state index in [-0.39, 0.29) is 10.6 Å². The summed E-state index contributed by atoms with van der Waals surface area (Å²) in [4.78, 5) is 26.5. The van der Waals surface area contributed by atoms with E-state index in [0.29, 0.717) is 33.4 Å². The summed E-state index contributed by atoms with van der Waals surface area (Å²) in [6.07, 6.45) is 0. The Labute approximate surface area is 274 Å². The predicted octanol–water partition coefficient (Wildman–Crippen LogP) is 8.52. The lowest BCUT2D eigenvalue weighted by Crippen LogP contribution is -2.34. The number of nitrogens with one attached hydrogen (secondary N) is 2. The highest BCUT2D eigenvalue weighted by Gasteiger charge is 2.80. The number of benzene rings is 4. The highest BCUT2D eigenvalue weighted by Crippen LogP contribution is 2.74. The standard InChI is InChI=1S/C32H26Cl5N3O3/c1-17-11-23(39-16-18-3-7-24(43-2)8-4-18)6-10-27(17)40-29(41)25-14-20(5-9-26(25)35)31(30(38)42)28(32(31,36)37)19-12-21(33)15-22(34)13-19/h3-15,28,39H,16H2,1-2H3,(H2,38,42)(H,40,41). The van der Waals surface area contributed by atoms with Gasteiger partial charge in [-0.15, -0.1) is 0 Å². The number of amides is 2. The summed E-state index contributed by atoms with van der Waals surface area (Å²) >= 11 is 32.4. The van der Waals surface area contributed by atoms with Crippen molar-refractivity contribution < 1.29 is 14.3 Å². The molecular weight excluding hydrogens is 652 g/mol. The summed E-state index contributed by atoms with van der Waals surface area (Å²) < 4.78 is 3.58. The number of ether oxygens (including phenoxy) is 1. The van der Waals surface area contributed by atoms with Crippen molar-refractivity contribution in [1.82, 2.24) is 0 Å². The molecule has 2 unspecified atom stereocenters. The lowest BCUT2D eigenvalue weighted by molar-refractivity contribution is -0.120. The van der Waals surface area contributed by atoms with Crippen LogP contribution in [0.3, 0.4) is 0 Å². The molecular formula is C32H26Cl5N3O3. The van der Waals surface area contributed by atoms with Crippen molar-refractivity contribution in [2.45, 2.75) is 29.1 Å². The summed E-state index contributed by atoms with van der Waals surface area (Å²) in [6.45, 7) is 2.50. The van der Waals surface area contributed by atoms with Gasteiger partial charge >= 0.3 is 0 Å². The number of anilines is 2. The molecule has 0 spiro atoms. The van der Waals surface area contributed by atoms with E-state index in [4.69, 9.17) is 68.5 Å². The largest absolute Gasteiger partial charge is 0.497 e. The Morgan fingerprint density at radius 2 is 1.58 bits per heavy atom. The molecule has 0 aromatic heterocycles. The molecule has 1 aliphatic rings. The molecule has 6 nitrogen and oxygen atoms in total. The van der Waals surface area contributed by atoms with Crippen molar-refractivity contribution in [3.63, 3.8) is 0 Å². The summed E-state index contributed by atoms with van der Waals surface area (Å²) in [6, 6.07) is 22.8. The topological polar surface area (TPSA) is 93.4 Å². The van der Waals surface area contributed by atoms with E-state index in [1.807, 2.05) is 43.3 Å². The maximum absolute atomic E-state index is 13.5. The number of carbonyl (C=O) groups excluding carboxylic acids is 2.